The minimum absolute atomic E-state index is 0.00944. The summed E-state index contributed by atoms with van der Waals surface area (Å²) in [6, 6.07) is 3.44. The molecule has 1 atom stereocenters. The van der Waals surface area contributed by atoms with Crippen molar-refractivity contribution >= 4 is 23.5 Å². The summed E-state index contributed by atoms with van der Waals surface area (Å²) in [7, 11) is 0. The van der Waals surface area contributed by atoms with Crippen LogP contribution in [-0.2, 0) is 19.1 Å². The Morgan fingerprint density at radius 3 is 2.32 bits per heavy atom. The van der Waals surface area contributed by atoms with Gasteiger partial charge in [-0.15, -0.1) is 0 Å². The van der Waals surface area contributed by atoms with Crippen molar-refractivity contribution in [2.24, 2.45) is 11.7 Å². The predicted octanol–water partition coefficient (Wildman–Crippen LogP) is 0.639. The maximum Gasteiger partial charge on any atom is 0.315 e. The summed E-state index contributed by atoms with van der Waals surface area (Å²) in [5.41, 5.74) is 7.38. The van der Waals surface area contributed by atoms with Crippen LogP contribution >= 0.6 is 0 Å². The molecule has 3 heterocycles. The van der Waals surface area contributed by atoms with Crippen LogP contribution in [0.1, 0.15) is 32.6 Å². The van der Waals surface area contributed by atoms with E-state index in [0.717, 1.165) is 31.6 Å². The van der Waals surface area contributed by atoms with E-state index in [1.807, 2.05) is 17.0 Å². The normalized spacial score (nSPS) is 18.6. The molecule has 2 N–H and O–H groups in total. The monoisotopic (exact) mass is 431 g/mol. The van der Waals surface area contributed by atoms with E-state index in [1.165, 1.54) is 0 Å². The molecule has 0 aliphatic carbocycles. The van der Waals surface area contributed by atoms with Crippen LogP contribution in [0, 0.1) is 5.92 Å². The van der Waals surface area contributed by atoms with Crippen LogP contribution in [-0.4, -0.2) is 84.5 Å². The SMILES string of the molecule is CCOC(=O)CC(=O)N1CCC(CC(N)C(=O)N2CCN(c3ccncc3)CC2)CC1. The number of amides is 2. The van der Waals surface area contributed by atoms with Crippen LogP contribution < -0.4 is 10.6 Å². The number of rotatable bonds is 7. The molecule has 31 heavy (non-hydrogen) atoms. The second kappa shape index (κ2) is 11.1. The fraction of sp³-hybridized carbons (Fsp3) is 0.636. The first-order valence-corrected chi connectivity index (χ1v) is 11.1. The molecule has 0 aromatic carbocycles. The number of nitrogens with two attached hydrogens (primary N) is 1. The second-order valence-corrected chi connectivity index (χ2v) is 8.17. The zero-order chi connectivity index (χ0) is 22.2. The third-order valence-electron chi connectivity index (χ3n) is 6.09. The summed E-state index contributed by atoms with van der Waals surface area (Å²) in [6.07, 6.45) is 5.57. The molecule has 3 rings (SSSR count). The van der Waals surface area contributed by atoms with Crippen LogP contribution in [0.15, 0.2) is 24.5 Å². The zero-order valence-electron chi connectivity index (χ0n) is 18.2. The molecule has 170 valence electrons. The Balaban J connectivity index is 1.39. The van der Waals surface area contributed by atoms with Gasteiger partial charge in [0.15, 0.2) is 0 Å². The maximum absolute atomic E-state index is 12.8. The summed E-state index contributed by atoms with van der Waals surface area (Å²) in [5, 5.41) is 0. The number of ether oxygens (including phenoxy) is 1. The Morgan fingerprint density at radius 1 is 1.06 bits per heavy atom. The molecule has 2 amide bonds. The van der Waals surface area contributed by atoms with Gasteiger partial charge in [-0.1, -0.05) is 0 Å². The topological polar surface area (TPSA) is 109 Å². The number of piperidine rings is 1. The van der Waals surface area contributed by atoms with E-state index in [0.29, 0.717) is 38.5 Å². The van der Waals surface area contributed by atoms with Gasteiger partial charge < -0.3 is 25.2 Å². The molecular weight excluding hydrogens is 398 g/mol. The number of hydrogen-bond donors (Lipinski definition) is 1. The average molecular weight is 432 g/mol. The third kappa shape index (κ3) is 6.40. The van der Waals surface area contributed by atoms with Gasteiger partial charge in [-0.3, -0.25) is 19.4 Å². The lowest BCUT2D eigenvalue weighted by Crippen LogP contribution is -2.53. The summed E-state index contributed by atoms with van der Waals surface area (Å²) in [6.45, 7) is 6.07. The highest BCUT2D eigenvalue weighted by Crippen LogP contribution is 2.23. The molecule has 1 aromatic heterocycles. The number of carbonyl (C=O) groups is 3. The number of aromatic nitrogens is 1. The smallest absolute Gasteiger partial charge is 0.315 e. The maximum atomic E-state index is 12.8. The van der Waals surface area contributed by atoms with Crippen molar-refractivity contribution in [2.45, 2.75) is 38.6 Å². The van der Waals surface area contributed by atoms with Gasteiger partial charge in [-0.05, 0) is 44.2 Å². The van der Waals surface area contributed by atoms with Crippen molar-refractivity contribution < 1.29 is 19.1 Å². The first kappa shape index (κ1) is 23.0. The Kier molecular flexibility index (Phi) is 8.22. The molecule has 9 nitrogen and oxygen atoms in total. The average Bonchev–Trinajstić information content (AvgIpc) is 2.80. The van der Waals surface area contributed by atoms with Gasteiger partial charge in [0.1, 0.15) is 6.42 Å². The van der Waals surface area contributed by atoms with Crippen molar-refractivity contribution in [3.63, 3.8) is 0 Å². The van der Waals surface area contributed by atoms with E-state index in [4.69, 9.17) is 10.5 Å². The molecule has 2 saturated heterocycles. The predicted molar refractivity (Wildman–Crippen MR) is 116 cm³/mol. The molecule has 2 aliphatic rings. The number of carbonyl (C=O) groups excluding carboxylic acids is 3. The minimum atomic E-state index is -0.515. The second-order valence-electron chi connectivity index (χ2n) is 8.17. The summed E-state index contributed by atoms with van der Waals surface area (Å²) >= 11 is 0. The van der Waals surface area contributed by atoms with Gasteiger partial charge in [0.2, 0.25) is 11.8 Å². The van der Waals surface area contributed by atoms with E-state index in [9.17, 15) is 14.4 Å². The Morgan fingerprint density at radius 2 is 1.71 bits per heavy atom. The van der Waals surface area contributed by atoms with Crippen molar-refractivity contribution in [2.75, 3.05) is 50.8 Å². The van der Waals surface area contributed by atoms with Gasteiger partial charge in [0, 0.05) is 57.3 Å². The highest BCUT2D eigenvalue weighted by atomic mass is 16.5. The van der Waals surface area contributed by atoms with E-state index >= 15 is 0 Å². The first-order chi connectivity index (χ1) is 15.0. The molecule has 0 saturated carbocycles. The molecule has 1 unspecified atom stereocenters. The van der Waals surface area contributed by atoms with E-state index in [2.05, 4.69) is 9.88 Å². The molecule has 0 radical (unpaired) electrons. The molecule has 2 fully saturated rings. The van der Waals surface area contributed by atoms with E-state index in [-0.39, 0.29) is 24.8 Å². The van der Waals surface area contributed by atoms with Crippen LogP contribution in [0.2, 0.25) is 0 Å². The van der Waals surface area contributed by atoms with Crippen molar-refractivity contribution in [1.29, 1.82) is 0 Å². The molecule has 0 bridgehead atoms. The third-order valence-corrected chi connectivity index (χ3v) is 6.09. The molecule has 1 aromatic rings. The lowest BCUT2D eigenvalue weighted by atomic mass is 9.90. The number of anilines is 1. The fourth-order valence-electron chi connectivity index (χ4n) is 4.30. The lowest BCUT2D eigenvalue weighted by molar-refractivity contribution is -0.149. The van der Waals surface area contributed by atoms with Crippen molar-refractivity contribution in [1.82, 2.24) is 14.8 Å². The van der Waals surface area contributed by atoms with Crippen molar-refractivity contribution in [3.05, 3.63) is 24.5 Å². The Bertz CT molecular complexity index is 744. The number of piperazine rings is 1. The molecule has 0 spiro atoms. The quantitative estimate of drug-likeness (QED) is 0.498. The minimum Gasteiger partial charge on any atom is -0.466 e. The van der Waals surface area contributed by atoms with Crippen molar-refractivity contribution in [3.8, 4) is 0 Å². The van der Waals surface area contributed by atoms with E-state index < -0.39 is 12.0 Å². The molecular formula is C22H33N5O4. The lowest BCUT2D eigenvalue weighted by Gasteiger charge is -2.38. The van der Waals surface area contributed by atoms with E-state index in [1.54, 1.807) is 24.2 Å². The molecule has 2 aliphatic heterocycles. The van der Waals surface area contributed by atoms with Crippen LogP contribution in [0.25, 0.3) is 0 Å². The largest absolute Gasteiger partial charge is 0.466 e. The number of hydrogen-bond acceptors (Lipinski definition) is 7. The van der Waals surface area contributed by atoms with Crippen LogP contribution in [0.3, 0.4) is 0 Å². The van der Waals surface area contributed by atoms with Gasteiger partial charge >= 0.3 is 5.97 Å². The number of likely N-dealkylation sites (tertiary alicyclic amines) is 1. The number of nitrogens with zero attached hydrogens (tertiary/aromatic N) is 4. The Labute approximate surface area is 183 Å². The fourth-order valence-corrected chi connectivity index (χ4v) is 4.30. The van der Waals surface area contributed by atoms with Crippen LogP contribution in [0.5, 0.6) is 0 Å². The van der Waals surface area contributed by atoms with Crippen LogP contribution in [0.4, 0.5) is 5.69 Å². The first-order valence-electron chi connectivity index (χ1n) is 11.1. The summed E-state index contributed by atoms with van der Waals surface area (Å²) in [4.78, 5) is 46.4. The summed E-state index contributed by atoms with van der Waals surface area (Å²) in [5.74, 6) is -0.352. The van der Waals surface area contributed by atoms with Gasteiger partial charge in [-0.2, -0.15) is 0 Å². The van der Waals surface area contributed by atoms with Gasteiger partial charge in [-0.25, -0.2) is 0 Å². The van der Waals surface area contributed by atoms with Gasteiger partial charge in [0.05, 0.1) is 12.6 Å². The Hall–Kier alpha value is -2.68. The standard InChI is InChI=1S/C22H33N5O4/c1-2-31-21(29)16-20(28)26-9-5-17(6-10-26)15-19(23)22(30)27-13-11-25(12-14-27)18-3-7-24-8-4-18/h3-4,7-8,17,19H,2,5-6,9-16,23H2,1H3. The number of esters is 1. The van der Waals surface area contributed by atoms with Gasteiger partial charge in [0.25, 0.3) is 0 Å². The highest BCUT2D eigenvalue weighted by molar-refractivity contribution is 5.94. The molecule has 9 heteroatoms. The summed E-state index contributed by atoms with van der Waals surface area (Å²) < 4.78 is 4.84. The zero-order valence-corrected chi connectivity index (χ0v) is 18.2. The number of pyridine rings is 1. The highest BCUT2D eigenvalue weighted by Gasteiger charge is 2.30.